The number of piperidine rings is 1. The van der Waals surface area contributed by atoms with Crippen molar-refractivity contribution in [2.24, 2.45) is 5.92 Å². The molecule has 1 aromatic carbocycles. The molecule has 5 nitrogen and oxygen atoms in total. The molecule has 1 aliphatic heterocycles. The van der Waals surface area contributed by atoms with E-state index in [1.807, 2.05) is 0 Å². The van der Waals surface area contributed by atoms with Crippen LogP contribution in [0.25, 0.3) is 0 Å². The molecule has 1 fully saturated rings. The molecule has 1 amide bonds. The highest BCUT2D eigenvalue weighted by atomic mass is 35.5. The Morgan fingerprint density at radius 1 is 1.38 bits per heavy atom. The first kappa shape index (κ1) is 19.3. The van der Waals surface area contributed by atoms with Crippen LogP contribution in [0.3, 0.4) is 0 Å². The van der Waals surface area contributed by atoms with Crippen LogP contribution in [0.2, 0.25) is 10.0 Å². The summed E-state index contributed by atoms with van der Waals surface area (Å²) >= 11 is 12.2. The molecular formula is C16H22Cl2N2O3S. The monoisotopic (exact) mass is 392 g/mol. The number of nitrogens with zero attached hydrogens (tertiary/aromatic N) is 2. The van der Waals surface area contributed by atoms with Crippen molar-refractivity contribution in [2.45, 2.75) is 32.7 Å². The largest absolute Gasteiger partial charge is 0.341 e. The van der Waals surface area contributed by atoms with Crippen molar-refractivity contribution in [2.75, 3.05) is 23.7 Å². The van der Waals surface area contributed by atoms with Crippen molar-refractivity contribution < 1.29 is 13.2 Å². The van der Waals surface area contributed by atoms with Crippen LogP contribution in [-0.4, -0.2) is 44.6 Å². The molecule has 8 heteroatoms. The zero-order valence-electron chi connectivity index (χ0n) is 14.0. The lowest BCUT2D eigenvalue weighted by Crippen LogP contribution is -2.51. The molecule has 1 heterocycles. The average molecular weight is 393 g/mol. The van der Waals surface area contributed by atoms with Gasteiger partial charge in [-0.05, 0) is 43.9 Å². The summed E-state index contributed by atoms with van der Waals surface area (Å²) in [6.45, 7) is 4.96. The number of anilines is 1. The Bertz CT molecular complexity index is 724. The summed E-state index contributed by atoms with van der Waals surface area (Å²) in [5.74, 6) is 0.194. The maximum absolute atomic E-state index is 12.8. The van der Waals surface area contributed by atoms with Gasteiger partial charge in [-0.1, -0.05) is 30.1 Å². The molecule has 0 aliphatic carbocycles. The van der Waals surface area contributed by atoms with Gasteiger partial charge in [0.1, 0.15) is 6.04 Å². The van der Waals surface area contributed by atoms with E-state index in [9.17, 15) is 13.2 Å². The van der Waals surface area contributed by atoms with Crippen LogP contribution >= 0.6 is 23.2 Å². The summed E-state index contributed by atoms with van der Waals surface area (Å²) in [7, 11) is -3.71. The first-order chi connectivity index (χ1) is 11.1. The van der Waals surface area contributed by atoms with Crippen LogP contribution in [0.5, 0.6) is 0 Å². The number of rotatable bonds is 4. The highest BCUT2D eigenvalue weighted by Crippen LogP contribution is 2.32. The topological polar surface area (TPSA) is 57.7 Å². The van der Waals surface area contributed by atoms with E-state index in [1.54, 1.807) is 17.9 Å². The first-order valence-electron chi connectivity index (χ1n) is 7.84. The van der Waals surface area contributed by atoms with Crippen LogP contribution in [0, 0.1) is 5.92 Å². The van der Waals surface area contributed by atoms with Gasteiger partial charge in [0, 0.05) is 18.1 Å². The third-order valence-electron chi connectivity index (χ3n) is 4.18. The second-order valence-electron chi connectivity index (χ2n) is 6.36. The average Bonchev–Trinajstić information content (AvgIpc) is 2.48. The quantitative estimate of drug-likeness (QED) is 0.788. The van der Waals surface area contributed by atoms with E-state index in [0.29, 0.717) is 24.0 Å². The van der Waals surface area contributed by atoms with Crippen molar-refractivity contribution in [1.29, 1.82) is 0 Å². The molecule has 2 rings (SSSR count). The van der Waals surface area contributed by atoms with E-state index in [1.165, 1.54) is 12.1 Å². The number of carbonyl (C=O) groups excluding carboxylic acids is 1. The molecule has 0 N–H and O–H groups in total. The highest BCUT2D eigenvalue weighted by molar-refractivity contribution is 7.92. The predicted molar refractivity (Wildman–Crippen MR) is 98.2 cm³/mol. The minimum absolute atomic E-state index is 0.219. The molecule has 0 bridgehead atoms. The van der Waals surface area contributed by atoms with Gasteiger partial charge < -0.3 is 4.90 Å². The number of benzene rings is 1. The zero-order valence-corrected chi connectivity index (χ0v) is 16.3. The second-order valence-corrected chi connectivity index (χ2v) is 9.07. The molecule has 24 heavy (non-hydrogen) atoms. The Balaban J connectivity index is 2.38. The zero-order chi connectivity index (χ0) is 18.1. The van der Waals surface area contributed by atoms with Crippen LogP contribution < -0.4 is 4.31 Å². The van der Waals surface area contributed by atoms with Gasteiger partial charge in [0.15, 0.2) is 0 Å². The van der Waals surface area contributed by atoms with Crippen molar-refractivity contribution in [3.8, 4) is 0 Å². The molecule has 134 valence electrons. The van der Waals surface area contributed by atoms with E-state index < -0.39 is 16.1 Å². The number of carbonyl (C=O) groups is 1. The number of hydrogen-bond acceptors (Lipinski definition) is 3. The van der Waals surface area contributed by atoms with E-state index in [2.05, 4.69) is 6.92 Å². The Hall–Kier alpha value is -0.980. The van der Waals surface area contributed by atoms with Gasteiger partial charge in [-0.3, -0.25) is 9.10 Å². The van der Waals surface area contributed by atoms with Crippen molar-refractivity contribution in [3.05, 3.63) is 28.2 Å². The molecule has 1 aliphatic rings. The van der Waals surface area contributed by atoms with Crippen molar-refractivity contribution in [1.82, 2.24) is 4.90 Å². The molecule has 0 radical (unpaired) electrons. The molecule has 2 atom stereocenters. The highest BCUT2D eigenvalue weighted by Gasteiger charge is 2.34. The van der Waals surface area contributed by atoms with Gasteiger partial charge in [-0.15, -0.1) is 0 Å². The van der Waals surface area contributed by atoms with Crippen molar-refractivity contribution in [3.63, 3.8) is 0 Å². The summed E-state index contributed by atoms with van der Waals surface area (Å²) in [4.78, 5) is 14.6. The fraction of sp³-hybridized carbons (Fsp3) is 0.562. The van der Waals surface area contributed by atoms with E-state index in [0.717, 1.165) is 23.4 Å². The van der Waals surface area contributed by atoms with Crippen molar-refractivity contribution >= 4 is 44.8 Å². The lowest BCUT2D eigenvalue weighted by molar-refractivity contribution is -0.133. The molecule has 0 aromatic heterocycles. The first-order valence-corrected chi connectivity index (χ1v) is 10.4. The standard InChI is InChI=1S/C16H22Cl2N2O3S/c1-11-5-4-8-19(10-11)16(21)12(2)20(24(3,22)23)15-9-13(17)6-7-14(15)18/h6-7,9,11-12H,4-5,8,10H2,1-3H3. The van der Waals surface area contributed by atoms with Crippen LogP contribution in [0.15, 0.2) is 18.2 Å². The Morgan fingerprint density at radius 2 is 2.04 bits per heavy atom. The van der Waals surface area contributed by atoms with Gasteiger partial charge in [-0.25, -0.2) is 8.42 Å². The molecular weight excluding hydrogens is 371 g/mol. The van der Waals surface area contributed by atoms with E-state index in [-0.39, 0.29) is 16.6 Å². The third-order valence-corrected chi connectivity index (χ3v) is 5.96. The molecule has 1 saturated heterocycles. The summed E-state index contributed by atoms with van der Waals surface area (Å²) < 4.78 is 25.7. The lowest BCUT2D eigenvalue weighted by atomic mass is 10.00. The predicted octanol–water partition coefficient (Wildman–Crippen LogP) is 3.41. The Labute approximate surface area is 153 Å². The normalized spacial score (nSPS) is 19.9. The Morgan fingerprint density at radius 3 is 2.62 bits per heavy atom. The molecule has 0 saturated carbocycles. The summed E-state index contributed by atoms with van der Waals surface area (Å²) in [5.41, 5.74) is 0.220. The van der Waals surface area contributed by atoms with Crippen LogP contribution in [-0.2, 0) is 14.8 Å². The molecule has 0 spiro atoms. The van der Waals surface area contributed by atoms with Crippen LogP contribution in [0.4, 0.5) is 5.69 Å². The summed E-state index contributed by atoms with van der Waals surface area (Å²) in [6.07, 6.45) is 3.07. The minimum atomic E-state index is -3.71. The van der Waals surface area contributed by atoms with Gasteiger partial charge in [0.25, 0.3) is 0 Å². The van der Waals surface area contributed by atoms with Gasteiger partial charge >= 0.3 is 0 Å². The maximum atomic E-state index is 12.8. The number of sulfonamides is 1. The number of amides is 1. The summed E-state index contributed by atoms with van der Waals surface area (Å²) in [5, 5.41) is 0.589. The minimum Gasteiger partial charge on any atom is -0.341 e. The SMILES string of the molecule is CC1CCCN(C(=O)C(C)N(c2cc(Cl)ccc2Cl)S(C)(=O)=O)C1. The second kappa shape index (κ2) is 7.50. The fourth-order valence-corrected chi connectivity index (χ4v) is 4.68. The van der Waals surface area contributed by atoms with Gasteiger partial charge in [0.05, 0.1) is 17.0 Å². The summed E-state index contributed by atoms with van der Waals surface area (Å²) in [6, 6.07) is 3.68. The molecule has 1 aromatic rings. The van der Waals surface area contributed by atoms with E-state index in [4.69, 9.17) is 23.2 Å². The van der Waals surface area contributed by atoms with Crippen LogP contribution in [0.1, 0.15) is 26.7 Å². The Kier molecular flexibility index (Phi) is 6.04. The fourth-order valence-electron chi connectivity index (χ4n) is 3.08. The lowest BCUT2D eigenvalue weighted by Gasteiger charge is -2.36. The smallest absolute Gasteiger partial charge is 0.246 e. The number of hydrogen-bond donors (Lipinski definition) is 0. The molecule has 2 unspecified atom stereocenters. The maximum Gasteiger partial charge on any atom is 0.246 e. The third kappa shape index (κ3) is 4.35. The van der Waals surface area contributed by atoms with Gasteiger partial charge in [-0.2, -0.15) is 0 Å². The van der Waals surface area contributed by atoms with E-state index >= 15 is 0 Å². The van der Waals surface area contributed by atoms with Gasteiger partial charge in [0.2, 0.25) is 15.9 Å². The number of likely N-dealkylation sites (tertiary alicyclic amines) is 1. The number of halogens is 2.